The monoisotopic (exact) mass is 709 g/mol. The molecule has 0 saturated heterocycles. The summed E-state index contributed by atoms with van der Waals surface area (Å²) in [4.78, 5) is 60.5. The highest BCUT2D eigenvalue weighted by Gasteiger charge is 2.41. The number of hydrogen-bond acceptors (Lipinski definition) is 7. The number of methoxy groups -OCH3 is 1. The Balaban J connectivity index is 1.72. The molecular formula is C42H55N5O5. The van der Waals surface area contributed by atoms with E-state index in [0.717, 1.165) is 76.4 Å². The van der Waals surface area contributed by atoms with Gasteiger partial charge in [0.05, 0.1) is 46.9 Å². The smallest absolute Gasteiger partial charge is 0.305 e. The molecule has 0 aromatic carbocycles. The number of esters is 1. The average Bonchev–Trinajstić information content (AvgIpc) is 3.80. The first-order chi connectivity index (χ1) is 24.9. The predicted molar refractivity (Wildman–Crippen MR) is 204 cm³/mol. The molecule has 10 nitrogen and oxygen atoms in total. The summed E-state index contributed by atoms with van der Waals surface area (Å²) in [6.07, 6.45) is 4.94. The fraction of sp³-hybridized carbons (Fsp3) is 0.548. The van der Waals surface area contributed by atoms with Crippen LogP contribution in [0.1, 0.15) is 178 Å². The van der Waals surface area contributed by atoms with Crippen molar-refractivity contribution in [1.29, 1.82) is 0 Å². The van der Waals surface area contributed by atoms with Crippen LogP contribution in [0.5, 0.6) is 0 Å². The Morgan fingerprint density at radius 2 is 1.63 bits per heavy atom. The molecule has 6 rings (SSSR count). The normalized spacial score (nSPS) is 21.1. The molecule has 0 saturated carbocycles. The Kier molecular flexibility index (Phi) is 11.1. The van der Waals surface area contributed by atoms with Gasteiger partial charge in [0.1, 0.15) is 0 Å². The molecule has 4 aliphatic rings. The molecule has 2 aromatic rings. The molecule has 278 valence electrons. The van der Waals surface area contributed by atoms with Crippen LogP contribution in [-0.2, 0) is 14.3 Å². The van der Waals surface area contributed by atoms with Crippen molar-refractivity contribution in [2.24, 2.45) is 0 Å². The van der Waals surface area contributed by atoms with Crippen LogP contribution in [0, 0.1) is 6.92 Å². The van der Waals surface area contributed by atoms with E-state index in [1.54, 1.807) is 0 Å². The molecule has 2 amide bonds. The Morgan fingerprint density at radius 1 is 0.904 bits per heavy atom. The highest BCUT2D eigenvalue weighted by molar-refractivity contribution is 6.23. The minimum atomic E-state index is -0.350. The molecule has 10 heteroatoms. The number of imide groups is 1. The molecule has 52 heavy (non-hydrogen) atoms. The molecule has 5 atom stereocenters. The van der Waals surface area contributed by atoms with E-state index in [9.17, 15) is 14.4 Å². The zero-order valence-corrected chi connectivity index (χ0v) is 32.4. The lowest BCUT2D eigenvalue weighted by Crippen LogP contribution is -2.41. The second kappa shape index (κ2) is 15.3. The van der Waals surface area contributed by atoms with Gasteiger partial charge in [0, 0.05) is 71.4 Å². The first-order valence-corrected chi connectivity index (χ1v) is 19.3. The van der Waals surface area contributed by atoms with E-state index in [4.69, 9.17) is 19.4 Å². The number of hydrogen-bond donors (Lipinski definition) is 2. The number of amides is 2. The van der Waals surface area contributed by atoms with Gasteiger partial charge in [-0.05, 0) is 75.8 Å². The van der Waals surface area contributed by atoms with Gasteiger partial charge < -0.3 is 19.4 Å². The van der Waals surface area contributed by atoms with E-state index in [-0.39, 0.29) is 54.0 Å². The van der Waals surface area contributed by atoms with Crippen LogP contribution in [0.15, 0.2) is 18.2 Å². The van der Waals surface area contributed by atoms with Gasteiger partial charge in [0.2, 0.25) is 0 Å². The van der Waals surface area contributed by atoms with E-state index < -0.39 is 0 Å². The molecule has 6 heterocycles. The molecule has 4 aliphatic heterocycles. The summed E-state index contributed by atoms with van der Waals surface area (Å²) in [7, 11) is 1.39. The van der Waals surface area contributed by atoms with Gasteiger partial charge in [-0.3, -0.25) is 24.3 Å². The van der Waals surface area contributed by atoms with Crippen LogP contribution in [0.3, 0.4) is 0 Å². The predicted octanol–water partition coefficient (Wildman–Crippen LogP) is 9.02. The number of rotatable bonds is 12. The fourth-order valence-corrected chi connectivity index (χ4v) is 8.41. The number of H-pyrrole nitrogens is 2. The maximum Gasteiger partial charge on any atom is 0.305 e. The molecule has 0 fully saturated rings. The Morgan fingerprint density at radius 3 is 2.33 bits per heavy atom. The third kappa shape index (κ3) is 6.59. The number of unbranched alkanes of at least 4 members (excludes halogenated alkanes) is 2. The number of fused-ring (bicyclic) bond motifs is 8. The summed E-state index contributed by atoms with van der Waals surface area (Å²) < 4.78 is 11.4. The van der Waals surface area contributed by atoms with E-state index in [1.807, 2.05) is 19.9 Å². The van der Waals surface area contributed by atoms with E-state index in [2.05, 4.69) is 63.6 Å². The number of allylic oxidation sites excluding steroid dienone is 1. The average molecular weight is 710 g/mol. The van der Waals surface area contributed by atoms with Crippen molar-refractivity contribution in [2.75, 3.05) is 20.3 Å². The first kappa shape index (κ1) is 37.4. The summed E-state index contributed by atoms with van der Waals surface area (Å²) in [5, 5.41) is 0. The maximum atomic E-state index is 14.6. The van der Waals surface area contributed by atoms with E-state index in [1.165, 1.54) is 12.0 Å². The van der Waals surface area contributed by atoms with Crippen molar-refractivity contribution in [3.8, 4) is 0 Å². The van der Waals surface area contributed by atoms with E-state index >= 15 is 0 Å². The largest absolute Gasteiger partial charge is 0.469 e. The first-order valence-electron chi connectivity index (χ1n) is 19.3. The number of carbonyl (C=O) groups excluding carboxylic acids is 3. The summed E-state index contributed by atoms with van der Waals surface area (Å²) in [6.45, 7) is 17.9. The third-order valence-electron chi connectivity index (χ3n) is 11.7. The van der Waals surface area contributed by atoms with Crippen molar-refractivity contribution in [2.45, 2.75) is 130 Å². The third-order valence-corrected chi connectivity index (χ3v) is 11.7. The Labute approximate surface area is 307 Å². The van der Waals surface area contributed by atoms with Gasteiger partial charge in [-0.15, -0.1) is 0 Å². The Hall–Kier alpha value is -4.31. The molecular weight excluding hydrogens is 654 g/mol. The van der Waals surface area contributed by atoms with Crippen molar-refractivity contribution in [3.63, 3.8) is 0 Å². The van der Waals surface area contributed by atoms with Crippen LogP contribution >= 0.6 is 0 Å². The van der Waals surface area contributed by atoms with Gasteiger partial charge in [-0.2, -0.15) is 0 Å². The van der Waals surface area contributed by atoms with Gasteiger partial charge in [0.15, 0.2) is 0 Å². The quantitative estimate of drug-likeness (QED) is 0.128. The molecule has 8 bridgehead atoms. The number of carbonyl (C=O) groups is 3. The summed E-state index contributed by atoms with van der Waals surface area (Å²) >= 11 is 0. The SMILES string of the molecule is CCCCO[C@H](C)C1=C(C)c2cc3nc(c4c5[nH]c(cc6[nH]c(cc1n2)[C@H](C)[C@H]6CC)c(C)c5C(=O)N(CCCC)C4=O)[C@@H](CCC(=O)OC)[C@@H]3C. The highest BCUT2D eigenvalue weighted by atomic mass is 16.5. The minimum absolute atomic E-state index is 0.138. The number of nitrogens with one attached hydrogen (secondary N) is 2. The summed E-state index contributed by atoms with van der Waals surface area (Å²) in [5.74, 6) is -0.941. The zero-order valence-electron chi connectivity index (χ0n) is 32.4. The molecule has 0 unspecified atom stereocenters. The molecule has 0 spiro atoms. The second-order valence-corrected chi connectivity index (χ2v) is 14.9. The van der Waals surface area contributed by atoms with Crippen molar-refractivity contribution in [1.82, 2.24) is 24.8 Å². The van der Waals surface area contributed by atoms with Crippen LogP contribution in [-0.4, -0.2) is 69.0 Å². The molecule has 2 aromatic heterocycles. The highest BCUT2D eigenvalue weighted by Crippen LogP contribution is 2.45. The van der Waals surface area contributed by atoms with Crippen LogP contribution in [0.2, 0.25) is 0 Å². The van der Waals surface area contributed by atoms with Crippen LogP contribution < -0.4 is 0 Å². The van der Waals surface area contributed by atoms with Gasteiger partial charge in [0.25, 0.3) is 11.8 Å². The number of aryl methyl sites for hydroxylation is 1. The summed E-state index contributed by atoms with van der Waals surface area (Å²) in [5.41, 5.74) is 10.3. The maximum absolute atomic E-state index is 14.6. The van der Waals surface area contributed by atoms with Crippen LogP contribution in [0.4, 0.5) is 0 Å². The molecule has 2 N–H and O–H groups in total. The van der Waals surface area contributed by atoms with Gasteiger partial charge in [-0.1, -0.05) is 47.5 Å². The van der Waals surface area contributed by atoms with E-state index in [0.29, 0.717) is 48.3 Å². The lowest BCUT2D eigenvalue weighted by molar-refractivity contribution is -0.140. The second-order valence-electron chi connectivity index (χ2n) is 14.9. The van der Waals surface area contributed by atoms with Gasteiger partial charge in [-0.25, -0.2) is 4.98 Å². The number of aromatic amines is 2. The molecule has 0 radical (unpaired) electrons. The van der Waals surface area contributed by atoms with Crippen LogP contribution in [0.25, 0.3) is 22.2 Å². The van der Waals surface area contributed by atoms with Crippen molar-refractivity contribution >= 4 is 40.0 Å². The standard InChI is InChI=1S/C42H55N5O5/c1-10-13-17-47-41(49)37-25(7)32-20-33-27(12-3)22(4)29(43-33)21-34-36(26(8)52-18-14-11-2)24(6)31(44-34)19-30-23(5)28(15-16-35(48)51-9)39(45-30)38(42(47)50)40(37)46-32/h19-23,26-28,43,46H,10-18H2,1-9H3/t22-,23+,26-,27-,28+/m1/s1. The van der Waals surface area contributed by atoms with Gasteiger partial charge >= 0.3 is 5.97 Å². The zero-order chi connectivity index (χ0) is 37.4. The topological polar surface area (TPSA) is 130 Å². The lowest BCUT2D eigenvalue weighted by atomic mass is 9.84. The fourth-order valence-electron chi connectivity index (χ4n) is 8.41. The minimum Gasteiger partial charge on any atom is -0.469 e. The number of ether oxygens (including phenoxy) is 2. The lowest BCUT2D eigenvalue weighted by Gasteiger charge is -2.27. The Bertz CT molecular complexity index is 1990. The summed E-state index contributed by atoms with van der Waals surface area (Å²) in [6, 6.07) is 6.34. The number of aromatic nitrogens is 4. The molecule has 0 aliphatic carbocycles. The number of nitrogens with zero attached hydrogens (tertiary/aromatic N) is 3. The van der Waals surface area contributed by atoms with Crippen molar-refractivity contribution in [3.05, 3.63) is 69.1 Å². The van der Waals surface area contributed by atoms with Crippen molar-refractivity contribution < 1.29 is 23.9 Å².